The number of benzene rings is 3. The smallest absolute Gasteiger partial charge is 0.326 e. The highest BCUT2D eigenvalue weighted by atomic mass is 32.2. The highest BCUT2D eigenvalue weighted by molar-refractivity contribution is 8.00. The van der Waals surface area contributed by atoms with E-state index in [1.54, 1.807) is 11.8 Å². The number of likely N-dealkylation sites (tertiary alicyclic amines) is 1. The molecule has 4 aliphatic rings. The zero-order chi connectivity index (χ0) is 31.9. The zero-order valence-corrected chi connectivity index (χ0v) is 26.2. The fourth-order valence-electron chi connectivity index (χ4n) is 8.41. The van der Waals surface area contributed by atoms with E-state index in [0.29, 0.717) is 17.9 Å². The second-order valence-electron chi connectivity index (χ2n) is 12.4. The number of aromatic nitrogens is 1. The van der Waals surface area contributed by atoms with E-state index in [2.05, 4.69) is 10.3 Å². The van der Waals surface area contributed by atoms with E-state index >= 15 is 0 Å². The Labute approximate surface area is 271 Å². The van der Waals surface area contributed by atoms with Gasteiger partial charge in [-0.25, -0.2) is 4.79 Å². The highest BCUT2D eigenvalue weighted by Crippen LogP contribution is 2.69. The monoisotopic (exact) mass is 655 g/mol. The van der Waals surface area contributed by atoms with Gasteiger partial charge in [-0.2, -0.15) is 0 Å². The van der Waals surface area contributed by atoms with E-state index in [-0.39, 0.29) is 46.3 Å². The highest BCUT2D eigenvalue weighted by Gasteiger charge is 2.70. The number of rotatable bonds is 7. The first-order chi connectivity index (χ1) is 22.2. The van der Waals surface area contributed by atoms with Gasteiger partial charge in [0.1, 0.15) is 11.8 Å². The second-order valence-corrected chi connectivity index (χ2v) is 14.6. The number of hydrogen-bond acceptors (Lipinski definition) is 8. The Morgan fingerprint density at radius 3 is 2.52 bits per heavy atom. The lowest BCUT2D eigenvalue weighted by Crippen LogP contribution is -2.44. The number of carbonyl (C=O) groups excluding carboxylic acids is 3. The Balaban J connectivity index is 1.11. The van der Waals surface area contributed by atoms with Crippen molar-refractivity contribution in [3.63, 3.8) is 0 Å². The predicted octanol–water partition coefficient (Wildman–Crippen LogP) is 4.55. The number of aliphatic carboxylic acids is 1. The molecule has 3 amide bonds. The number of anilines is 1. The van der Waals surface area contributed by atoms with Crippen LogP contribution in [0, 0.1) is 29.6 Å². The summed E-state index contributed by atoms with van der Waals surface area (Å²) in [7, 11) is 0. The lowest BCUT2D eigenvalue weighted by atomic mass is 9.68. The molecule has 2 aliphatic heterocycles. The number of thiazole rings is 1. The minimum Gasteiger partial charge on any atom is -0.483 e. The average molecular weight is 656 g/mol. The summed E-state index contributed by atoms with van der Waals surface area (Å²) in [5.74, 6) is -3.72. The van der Waals surface area contributed by atoms with Gasteiger partial charge in [-0.3, -0.25) is 24.1 Å². The van der Waals surface area contributed by atoms with Crippen LogP contribution in [0.25, 0.3) is 10.8 Å². The molecule has 8 atom stereocenters. The molecule has 3 N–H and O–H groups in total. The quantitative estimate of drug-likeness (QED) is 0.246. The summed E-state index contributed by atoms with van der Waals surface area (Å²) in [5, 5.41) is 15.2. The first-order valence-corrected chi connectivity index (χ1v) is 16.9. The van der Waals surface area contributed by atoms with Crippen molar-refractivity contribution in [2.75, 3.05) is 11.9 Å². The van der Waals surface area contributed by atoms with Gasteiger partial charge in [0, 0.05) is 32.7 Å². The van der Waals surface area contributed by atoms with E-state index in [9.17, 15) is 29.1 Å². The van der Waals surface area contributed by atoms with Crippen molar-refractivity contribution in [2.45, 2.75) is 35.6 Å². The Hall–Kier alpha value is -4.42. The molecular weight excluding hydrogens is 627 g/mol. The molecule has 4 aromatic rings. The summed E-state index contributed by atoms with van der Waals surface area (Å²) in [6.07, 6.45) is 0.677. The average Bonchev–Trinajstić information content (AvgIpc) is 3.78. The Morgan fingerprint density at radius 2 is 1.72 bits per heavy atom. The van der Waals surface area contributed by atoms with Gasteiger partial charge in [0.15, 0.2) is 6.61 Å². The molecule has 3 heterocycles. The molecule has 234 valence electrons. The van der Waals surface area contributed by atoms with E-state index in [1.165, 1.54) is 6.92 Å². The number of H-pyrrole nitrogens is 1. The van der Waals surface area contributed by atoms with Crippen LogP contribution in [0.4, 0.5) is 5.69 Å². The first kappa shape index (κ1) is 29.0. The summed E-state index contributed by atoms with van der Waals surface area (Å²) in [4.78, 5) is 69.4. The largest absolute Gasteiger partial charge is 0.483 e. The molecule has 3 fully saturated rings. The van der Waals surface area contributed by atoms with Crippen molar-refractivity contribution < 1.29 is 29.0 Å². The van der Waals surface area contributed by atoms with Crippen LogP contribution in [-0.4, -0.2) is 56.6 Å². The van der Waals surface area contributed by atoms with Crippen LogP contribution in [0.3, 0.4) is 0 Å². The number of amides is 3. The Morgan fingerprint density at radius 1 is 1.00 bits per heavy atom. The van der Waals surface area contributed by atoms with Crippen LogP contribution in [0.15, 0.2) is 76.6 Å². The maximum absolute atomic E-state index is 13.7. The van der Waals surface area contributed by atoms with E-state index in [1.807, 2.05) is 66.7 Å². The first-order valence-electron chi connectivity index (χ1n) is 15.2. The summed E-state index contributed by atoms with van der Waals surface area (Å²) >= 11 is 2.69. The molecule has 2 bridgehead atoms. The Bertz CT molecular complexity index is 2000. The van der Waals surface area contributed by atoms with E-state index in [0.717, 1.165) is 42.5 Å². The lowest BCUT2D eigenvalue weighted by molar-refractivity contribution is -0.154. The number of carboxylic acids is 1. The standard InChI is InChI=1S/C34H29N3O7S2/c1-15(33(41)42)37-31(39)26-19-13-20(27(26)32(37)40)28-25(19)24(29-30(45-28)36-34(43)46-29)18-10-4-5-12-22(18)44-14-23(38)35-21-11-6-8-16-7-2-3-9-17(16)21/h2-12,15,19-20,24-28H,13-14H2,1H3,(H,35,38)(H,36,43)(H,41,42)/t15?,19?,20?,24-,25?,26?,27?,28?/m1/s1. The van der Waals surface area contributed by atoms with Gasteiger partial charge in [-0.15, -0.1) is 11.8 Å². The number of para-hydroxylation sites is 1. The van der Waals surface area contributed by atoms with Crippen LogP contribution >= 0.6 is 23.1 Å². The molecule has 1 saturated heterocycles. The number of ether oxygens (including phenoxy) is 1. The van der Waals surface area contributed by atoms with Gasteiger partial charge in [-0.05, 0) is 48.6 Å². The van der Waals surface area contributed by atoms with Gasteiger partial charge in [0.05, 0.1) is 16.9 Å². The third-order valence-electron chi connectivity index (χ3n) is 10.2. The number of aromatic amines is 1. The van der Waals surface area contributed by atoms with Crippen LogP contribution in [0.5, 0.6) is 5.75 Å². The number of thioether (sulfide) groups is 1. The number of nitrogens with one attached hydrogen (secondary N) is 2. The predicted molar refractivity (Wildman–Crippen MR) is 172 cm³/mol. The topological polar surface area (TPSA) is 146 Å². The van der Waals surface area contributed by atoms with Crippen molar-refractivity contribution in [1.82, 2.24) is 9.88 Å². The molecule has 8 rings (SSSR count). The van der Waals surface area contributed by atoms with Crippen molar-refractivity contribution in [2.24, 2.45) is 29.6 Å². The van der Waals surface area contributed by atoms with Crippen LogP contribution < -0.4 is 14.9 Å². The summed E-state index contributed by atoms with van der Waals surface area (Å²) in [5.41, 5.74) is 1.50. The molecule has 12 heteroatoms. The number of hydrogen-bond donors (Lipinski definition) is 3. The van der Waals surface area contributed by atoms with Crippen molar-refractivity contribution in [3.05, 3.63) is 86.8 Å². The van der Waals surface area contributed by atoms with Crippen LogP contribution in [-0.2, 0) is 19.2 Å². The van der Waals surface area contributed by atoms with Crippen molar-refractivity contribution in [1.29, 1.82) is 0 Å². The maximum Gasteiger partial charge on any atom is 0.326 e. The number of fused-ring (bicyclic) bond motifs is 10. The molecular formula is C34H29N3O7S2. The molecule has 46 heavy (non-hydrogen) atoms. The molecule has 0 radical (unpaired) electrons. The molecule has 2 aliphatic carbocycles. The number of carbonyl (C=O) groups is 4. The van der Waals surface area contributed by atoms with Gasteiger partial charge in [-0.1, -0.05) is 65.9 Å². The number of carboxylic acid groups (broad SMARTS) is 1. The summed E-state index contributed by atoms with van der Waals surface area (Å²) in [6.45, 7) is 1.13. The minimum atomic E-state index is -1.23. The lowest BCUT2D eigenvalue weighted by Gasteiger charge is -2.43. The van der Waals surface area contributed by atoms with Gasteiger partial charge in [0.2, 0.25) is 11.8 Å². The van der Waals surface area contributed by atoms with Crippen molar-refractivity contribution in [3.8, 4) is 5.75 Å². The molecule has 2 saturated carbocycles. The van der Waals surface area contributed by atoms with Crippen molar-refractivity contribution >= 4 is 63.2 Å². The van der Waals surface area contributed by atoms with Gasteiger partial charge in [0.25, 0.3) is 5.91 Å². The number of imide groups is 1. The fourth-order valence-corrected chi connectivity index (χ4v) is 11.3. The molecule has 0 spiro atoms. The van der Waals surface area contributed by atoms with Crippen LogP contribution in [0.1, 0.15) is 29.7 Å². The normalized spacial score (nSPS) is 28.1. The summed E-state index contributed by atoms with van der Waals surface area (Å²) < 4.78 is 6.19. The zero-order valence-electron chi connectivity index (χ0n) is 24.5. The molecule has 3 aromatic carbocycles. The van der Waals surface area contributed by atoms with Crippen LogP contribution in [0.2, 0.25) is 0 Å². The van der Waals surface area contributed by atoms with E-state index in [4.69, 9.17) is 4.74 Å². The summed E-state index contributed by atoms with van der Waals surface area (Å²) in [6, 6.07) is 19.7. The minimum absolute atomic E-state index is 0.0615. The van der Waals surface area contributed by atoms with Gasteiger partial charge >= 0.3 is 10.8 Å². The Kier molecular flexibility index (Phi) is 6.84. The maximum atomic E-state index is 13.7. The molecule has 7 unspecified atom stereocenters. The molecule has 10 nitrogen and oxygen atoms in total. The third-order valence-corrected chi connectivity index (χ3v) is 12.8. The van der Waals surface area contributed by atoms with Gasteiger partial charge < -0.3 is 20.1 Å². The number of nitrogens with zero attached hydrogens (tertiary/aromatic N) is 1. The third kappa shape index (κ3) is 4.33. The fraction of sp³-hybridized carbons (Fsp3) is 0.324. The SMILES string of the molecule is CC(C(=O)O)N1C(=O)C2C3CC(C2C1=O)C1C3Sc2[nH]c(=O)sc2[C@@H]1c1ccccc1OCC(=O)Nc1cccc2ccccc12. The second kappa shape index (κ2) is 10.8. The molecule has 1 aromatic heterocycles. The van der Waals surface area contributed by atoms with E-state index < -0.39 is 35.7 Å².